The van der Waals surface area contributed by atoms with Crippen LogP contribution in [-0.4, -0.2) is 37.4 Å². The molecule has 1 heterocycles. The molecule has 0 aromatic heterocycles. The normalized spacial score (nSPS) is 13.9. The Labute approximate surface area is 157 Å². The van der Waals surface area contributed by atoms with Crippen molar-refractivity contribution >= 4 is 33.2 Å². The van der Waals surface area contributed by atoms with Crippen LogP contribution < -0.4 is 14.4 Å². The first-order valence-corrected chi connectivity index (χ1v) is 9.12. The van der Waals surface area contributed by atoms with E-state index in [-0.39, 0.29) is 10.9 Å². The van der Waals surface area contributed by atoms with Gasteiger partial charge in [-0.3, -0.25) is 25.1 Å². The van der Waals surface area contributed by atoms with Crippen molar-refractivity contribution in [2.45, 2.75) is 4.90 Å². The molecule has 1 saturated heterocycles. The van der Waals surface area contributed by atoms with E-state index < -0.39 is 37.1 Å². The van der Waals surface area contributed by atoms with Crippen molar-refractivity contribution in [2.24, 2.45) is 0 Å². The lowest BCUT2D eigenvalue weighted by molar-refractivity contribution is -0.394. The highest BCUT2D eigenvalue weighted by atomic mass is 32.2. The molecule has 3 rings (SSSR count). The van der Waals surface area contributed by atoms with Gasteiger partial charge in [0.2, 0.25) is 0 Å². The molecule has 2 aromatic carbocycles. The van der Waals surface area contributed by atoms with Gasteiger partial charge in [0.1, 0.15) is 4.90 Å². The van der Waals surface area contributed by atoms with Crippen molar-refractivity contribution in [1.82, 2.24) is 5.32 Å². The number of nitrogens with zero attached hydrogens (tertiary/aromatic N) is 3. The van der Waals surface area contributed by atoms with E-state index in [9.17, 15) is 33.4 Å². The average Bonchev–Trinajstić information content (AvgIpc) is 3.07. The van der Waals surface area contributed by atoms with E-state index in [1.54, 1.807) is 0 Å². The molecule has 0 spiro atoms. The van der Waals surface area contributed by atoms with Gasteiger partial charge in [-0.25, -0.2) is 4.79 Å². The third-order valence-corrected chi connectivity index (χ3v) is 5.06. The number of benzene rings is 2. The van der Waals surface area contributed by atoms with E-state index in [1.165, 1.54) is 29.2 Å². The zero-order valence-electron chi connectivity index (χ0n) is 14.0. The molecular formula is C15H12N4O8S. The number of hydrogen-bond acceptors (Lipinski definition) is 8. The minimum Gasteiger partial charge on any atom is -0.378 e. The van der Waals surface area contributed by atoms with E-state index in [0.717, 1.165) is 12.1 Å². The van der Waals surface area contributed by atoms with Gasteiger partial charge in [0.25, 0.3) is 11.4 Å². The molecule has 2 amide bonds. The van der Waals surface area contributed by atoms with Crippen LogP contribution in [0.15, 0.2) is 47.4 Å². The first kappa shape index (κ1) is 19.0. The van der Waals surface area contributed by atoms with Crippen LogP contribution in [0, 0.1) is 20.2 Å². The maximum Gasteiger partial charge on any atom is 0.339 e. The predicted molar refractivity (Wildman–Crippen MR) is 94.8 cm³/mol. The van der Waals surface area contributed by atoms with Gasteiger partial charge in [0, 0.05) is 18.8 Å². The Morgan fingerprint density at radius 1 is 1.00 bits per heavy atom. The summed E-state index contributed by atoms with van der Waals surface area (Å²) in [5.74, 6) is -0.566. The maximum absolute atomic E-state index is 12.4. The Balaban J connectivity index is 1.88. The summed E-state index contributed by atoms with van der Waals surface area (Å²) in [6.07, 6.45) is 0. The van der Waals surface area contributed by atoms with Crippen LogP contribution in [0.4, 0.5) is 21.9 Å². The van der Waals surface area contributed by atoms with E-state index in [4.69, 9.17) is 4.18 Å². The second-order valence-corrected chi connectivity index (χ2v) is 7.16. The lowest BCUT2D eigenvalue weighted by Gasteiger charge is -2.14. The minimum absolute atomic E-state index is 0.287. The van der Waals surface area contributed by atoms with Crippen molar-refractivity contribution in [3.05, 3.63) is 62.7 Å². The van der Waals surface area contributed by atoms with Crippen LogP contribution in [0.25, 0.3) is 0 Å². The molecule has 0 aliphatic carbocycles. The highest BCUT2D eigenvalue weighted by molar-refractivity contribution is 7.87. The molecule has 0 atom stereocenters. The van der Waals surface area contributed by atoms with Crippen molar-refractivity contribution in [3.8, 4) is 5.75 Å². The number of nitrogens with one attached hydrogen (secondary N) is 1. The highest BCUT2D eigenvalue weighted by Gasteiger charge is 2.24. The molecule has 2 aromatic rings. The lowest BCUT2D eigenvalue weighted by Crippen LogP contribution is -2.27. The Bertz CT molecular complexity index is 1040. The number of carbonyl (C=O) groups is 1. The van der Waals surface area contributed by atoms with Crippen molar-refractivity contribution in [3.63, 3.8) is 0 Å². The molecule has 0 saturated carbocycles. The van der Waals surface area contributed by atoms with Crippen molar-refractivity contribution in [1.29, 1.82) is 0 Å². The average molecular weight is 408 g/mol. The van der Waals surface area contributed by atoms with Crippen LogP contribution in [0.1, 0.15) is 0 Å². The predicted octanol–water partition coefficient (Wildman–Crippen LogP) is 1.80. The van der Waals surface area contributed by atoms with Crippen LogP contribution >= 0.6 is 0 Å². The van der Waals surface area contributed by atoms with E-state index >= 15 is 0 Å². The first-order valence-electron chi connectivity index (χ1n) is 7.71. The smallest absolute Gasteiger partial charge is 0.339 e. The van der Waals surface area contributed by atoms with Gasteiger partial charge in [-0.1, -0.05) is 0 Å². The number of urea groups is 1. The highest BCUT2D eigenvalue weighted by Crippen LogP contribution is 2.30. The first-order chi connectivity index (χ1) is 13.2. The summed E-state index contributed by atoms with van der Waals surface area (Å²) < 4.78 is 29.6. The molecule has 28 heavy (non-hydrogen) atoms. The number of nitro groups is 2. The van der Waals surface area contributed by atoms with Crippen molar-refractivity contribution in [2.75, 3.05) is 18.0 Å². The molecule has 1 fully saturated rings. The van der Waals surface area contributed by atoms with E-state index in [2.05, 4.69) is 5.32 Å². The molecule has 146 valence electrons. The fraction of sp³-hybridized carbons (Fsp3) is 0.133. The summed E-state index contributed by atoms with van der Waals surface area (Å²) in [5, 5.41) is 24.4. The number of anilines is 1. The van der Waals surface area contributed by atoms with Crippen LogP contribution in [0.3, 0.4) is 0 Å². The molecular weight excluding hydrogens is 396 g/mol. The van der Waals surface area contributed by atoms with Gasteiger partial charge in [-0.15, -0.1) is 0 Å². The number of rotatable bonds is 6. The second-order valence-electron chi connectivity index (χ2n) is 5.61. The zero-order valence-corrected chi connectivity index (χ0v) is 14.8. The van der Waals surface area contributed by atoms with Crippen molar-refractivity contribution < 1.29 is 27.2 Å². The van der Waals surface area contributed by atoms with Gasteiger partial charge < -0.3 is 9.50 Å². The number of carbonyl (C=O) groups excluding carboxylic acids is 1. The number of hydrogen-bond donors (Lipinski definition) is 1. The number of amides is 2. The summed E-state index contributed by atoms with van der Waals surface area (Å²) in [5.41, 5.74) is -0.899. The fourth-order valence-corrected chi connectivity index (χ4v) is 3.43. The standard InChI is InChI=1S/C15H12N4O8S/c20-15-16-5-6-17(15)10-1-3-14(4-2-10)28(25,26)27-13-8-11(18(21)22)7-12(9-13)19(23)24/h1-4,7-9H,5-6H2,(H,16,20). The summed E-state index contributed by atoms with van der Waals surface area (Å²) in [6, 6.07) is 7.12. The zero-order chi connectivity index (χ0) is 20.5. The third-order valence-electron chi connectivity index (χ3n) is 3.80. The Kier molecular flexibility index (Phi) is 4.83. The van der Waals surface area contributed by atoms with Gasteiger partial charge in [0.05, 0.1) is 28.0 Å². The summed E-state index contributed by atoms with van der Waals surface area (Å²) in [6.45, 7) is 0.895. The summed E-state index contributed by atoms with van der Waals surface area (Å²) in [4.78, 5) is 32.8. The minimum atomic E-state index is -4.42. The topological polar surface area (TPSA) is 162 Å². The molecule has 1 aliphatic heterocycles. The maximum atomic E-state index is 12.4. The Morgan fingerprint density at radius 3 is 2.04 bits per heavy atom. The fourth-order valence-electron chi connectivity index (χ4n) is 2.51. The van der Waals surface area contributed by atoms with Gasteiger partial charge >= 0.3 is 16.1 Å². The van der Waals surface area contributed by atoms with E-state index in [1.807, 2.05) is 0 Å². The lowest BCUT2D eigenvalue weighted by atomic mass is 10.2. The van der Waals surface area contributed by atoms with E-state index in [0.29, 0.717) is 24.8 Å². The molecule has 0 radical (unpaired) electrons. The monoisotopic (exact) mass is 408 g/mol. The largest absolute Gasteiger partial charge is 0.378 e. The quantitative estimate of drug-likeness (QED) is 0.430. The second kappa shape index (κ2) is 7.11. The molecule has 0 unspecified atom stereocenters. The van der Waals surface area contributed by atoms with Crippen LogP contribution in [0.2, 0.25) is 0 Å². The summed E-state index contributed by atoms with van der Waals surface area (Å²) >= 11 is 0. The molecule has 1 aliphatic rings. The number of non-ortho nitro benzene ring substituents is 2. The van der Waals surface area contributed by atoms with Gasteiger partial charge in [-0.2, -0.15) is 8.42 Å². The molecule has 0 bridgehead atoms. The Hall–Kier alpha value is -3.74. The van der Waals surface area contributed by atoms with Crippen LogP contribution in [0.5, 0.6) is 5.75 Å². The van der Waals surface area contributed by atoms with Crippen LogP contribution in [-0.2, 0) is 10.1 Å². The molecule has 12 nitrogen and oxygen atoms in total. The van der Waals surface area contributed by atoms with Gasteiger partial charge in [0.15, 0.2) is 5.75 Å². The number of nitro benzene ring substituents is 2. The Morgan fingerprint density at radius 2 is 1.57 bits per heavy atom. The molecule has 13 heteroatoms. The third kappa shape index (κ3) is 3.83. The SMILES string of the molecule is O=C1NCCN1c1ccc(S(=O)(=O)Oc2cc([N+](=O)[O-])cc([N+](=O)[O-])c2)cc1. The summed E-state index contributed by atoms with van der Waals surface area (Å²) in [7, 11) is -4.42. The van der Waals surface area contributed by atoms with Gasteiger partial charge in [-0.05, 0) is 24.3 Å². The molecule has 1 N–H and O–H groups in total.